The fraction of sp³-hybridized carbons (Fsp3) is 0.333. The van der Waals surface area contributed by atoms with Crippen LogP contribution >= 0.6 is 11.6 Å². The van der Waals surface area contributed by atoms with Gasteiger partial charge in [0, 0.05) is 19.2 Å². The molecule has 1 aromatic rings. The van der Waals surface area contributed by atoms with Crippen LogP contribution in [0.1, 0.15) is 29.8 Å². The second-order valence-electron chi connectivity index (χ2n) is 3.28. The van der Waals surface area contributed by atoms with Crippen LogP contribution in [-0.4, -0.2) is 17.4 Å². The molecule has 16 heavy (non-hydrogen) atoms. The standard InChI is InChI=1S/C12H13ClN2O/c1-2-3-4-5-8-14-12(16)11-7-6-10(13)9-15-11/h1,6-7,9H,3-5,8H2,(H,14,16). The van der Waals surface area contributed by atoms with E-state index in [1.807, 2.05) is 0 Å². The smallest absolute Gasteiger partial charge is 0.269 e. The fourth-order valence-electron chi connectivity index (χ4n) is 1.15. The Morgan fingerprint density at radius 1 is 1.50 bits per heavy atom. The second-order valence-corrected chi connectivity index (χ2v) is 3.72. The Morgan fingerprint density at radius 2 is 2.31 bits per heavy atom. The van der Waals surface area contributed by atoms with E-state index in [9.17, 15) is 4.79 Å². The van der Waals surface area contributed by atoms with Crippen LogP contribution in [0.3, 0.4) is 0 Å². The minimum Gasteiger partial charge on any atom is -0.351 e. The molecule has 1 heterocycles. The quantitative estimate of drug-likeness (QED) is 0.630. The number of aromatic nitrogens is 1. The molecule has 0 aliphatic rings. The fourth-order valence-corrected chi connectivity index (χ4v) is 1.27. The highest BCUT2D eigenvalue weighted by atomic mass is 35.5. The molecule has 3 nitrogen and oxygen atoms in total. The van der Waals surface area contributed by atoms with Gasteiger partial charge < -0.3 is 5.32 Å². The van der Waals surface area contributed by atoms with Crippen molar-refractivity contribution in [3.05, 3.63) is 29.0 Å². The number of unbranched alkanes of at least 4 members (excludes halogenated alkanes) is 2. The van der Waals surface area contributed by atoms with Crippen molar-refractivity contribution in [1.82, 2.24) is 10.3 Å². The summed E-state index contributed by atoms with van der Waals surface area (Å²) in [5.74, 6) is 2.37. The number of nitrogens with zero attached hydrogens (tertiary/aromatic N) is 1. The molecule has 0 radical (unpaired) electrons. The molecule has 0 aliphatic carbocycles. The minimum atomic E-state index is -0.183. The van der Waals surface area contributed by atoms with Gasteiger partial charge in [-0.15, -0.1) is 12.3 Å². The number of carbonyl (C=O) groups excluding carboxylic acids is 1. The highest BCUT2D eigenvalue weighted by Crippen LogP contribution is 2.05. The molecule has 1 amide bonds. The van der Waals surface area contributed by atoms with E-state index in [0.29, 0.717) is 17.3 Å². The van der Waals surface area contributed by atoms with Crippen molar-refractivity contribution in [3.63, 3.8) is 0 Å². The lowest BCUT2D eigenvalue weighted by atomic mass is 10.2. The van der Waals surface area contributed by atoms with Crippen LogP contribution < -0.4 is 5.32 Å². The van der Waals surface area contributed by atoms with Crippen LogP contribution in [0.15, 0.2) is 18.3 Å². The lowest BCUT2D eigenvalue weighted by molar-refractivity contribution is 0.0948. The van der Waals surface area contributed by atoms with Crippen molar-refractivity contribution in [3.8, 4) is 12.3 Å². The number of terminal acetylenes is 1. The Hall–Kier alpha value is -1.53. The van der Waals surface area contributed by atoms with E-state index in [0.717, 1.165) is 19.3 Å². The third-order valence-corrected chi connectivity index (χ3v) is 2.22. The number of hydrogen-bond donors (Lipinski definition) is 1. The van der Waals surface area contributed by atoms with Crippen molar-refractivity contribution in [1.29, 1.82) is 0 Å². The summed E-state index contributed by atoms with van der Waals surface area (Å²) in [5.41, 5.74) is 0.376. The summed E-state index contributed by atoms with van der Waals surface area (Å²) >= 11 is 5.66. The molecule has 0 spiro atoms. The number of halogens is 1. The van der Waals surface area contributed by atoms with Gasteiger partial charge in [0.15, 0.2) is 0 Å². The Balaban J connectivity index is 2.30. The molecule has 4 heteroatoms. The zero-order valence-corrected chi connectivity index (χ0v) is 9.63. The maximum absolute atomic E-state index is 11.5. The van der Waals surface area contributed by atoms with Gasteiger partial charge in [0.2, 0.25) is 0 Å². The maximum Gasteiger partial charge on any atom is 0.269 e. The van der Waals surface area contributed by atoms with Crippen molar-refractivity contribution >= 4 is 17.5 Å². The van der Waals surface area contributed by atoms with Gasteiger partial charge in [-0.2, -0.15) is 0 Å². The van der Waals surface area contributed by atoms with Gasteiger partial charge in [0.05, 0.1) is 5.02 Å². The number of carbonyl (C=O) groups is 1. The molecule has 0 bridgehead atoms. The van der Waals surface area contributed by atoms with Gasteiger partial charge in [0.25, 0.3) is 5.91 Å². The van der Waals surface area contributed by atoms with Gasteiger partial charge in [-0.05, 0) is 25.0 Å². The molecule has 0 atom stereocenters. The number of nitrogens with one attached hydrogen (secondary N) is 1. The van der Waals surface area contributed by atoms with Gasteiger partial charge in [0.1, 0.15) is 5.69 Å². The van der Waals surface area contributed by atoms with Gasteiger partial charge >= 0.3 is 0 Å². The largest absolute Gasteiger partial charge is 0.351 e. The minimum absolute atomic E-state index is 0.183. The lowest BCUT2D eigenvalue weighted by Gasteiger charge is -2.03. The molecule has 0 unspecified atom stereocenters. The first-order valence-corrected chi connectivity index (χ1v) is 5.45. The van der Waals surface area contributed by atoms with Crippen molar-refractivity contribution in [2.75, 3.05) is 6.54 Å². The third kappa shape index (κ3) is 4.33. The normalized spacial score (nSPS) is 9.50. The highest BCUT2D eigenvalue weighted by molar-refractivity contribution is 6.30. The van der Waals surface area contributed by atoms with E-state index in [4.69, 9.17) is 18.0 Å². The average Bonchev–Trinajstić information content (AvgIpc) is 2.29. The van der Waals surface area contributed by atoms with Crippen molar-refractivity contribution in [2.45, 2.75) is 19.3 Å². The summed E-state index contributed by atoms with van der Waals surface area (Å²) in [7, 11) is 0. The Kier molecular flexibility index (Phi) is 5.38. The van der Waals surface area contributed by atoms with Gasteiger partial charge in [-0.3, -0.25) is 4.79 Å². The van der Waals surface area contributed by atoms with E-state index in [1.165, 1.54) is 6.20 Å². The average molecular weight is 237 g/mol. The van der Waals surface area contributed by atoms with Gasteiger partial charge in [-0.25, -0.2) is 4.98 Å². The molecule has 84 valence electrons. The first kappa shape index (κ1) is 12.5. The van der Waals surface area contributed by atoms with E-state index >= 15 is 0 Å². The molecule has 0 fully saturated rings. The van der Waals surface area contributed by atoms with E-state index in [-0.39, 0.29) is 5.91 Å². The summed E-state index contributed by atoms with van der Waals surface area (Å²) < 4.78 is 0. The van der Waals surface area contributed by atoms with Crippen LogP contribution in [0, 0.1) is 12.3 Å². The van der Waals surface area contributed by atoms with Crippen LogP contribution in [0.5, 0.6) is 0 Å². The predicted molar refractivity (Wildman–Crippen MR) is 64.3 cm³/mol. The molecule has 0 aromatic carbocycles. The second kappa shape index (κ2) is 6.86. The Labute approximate surface area is 100 Å². The number of rotatable bonds is 5. The van der Waals surface area contributed by atoms with Crippen LogP contribution in [-0.2, 0) is 0 Å². The molecule has 1 rings (SSSR count). The summed E-state index contributed by atoms with van der Waals surface area (Å²) in [6, 6.07) is 3.24. The predicted octanol–water partition coefficient (Wildman–Crippen LogP) is 2.27. The monoisotopic (exact) mass is 236 g/mol. The third-order valence-electron chi connectivity index (χ3n) is 1.99. The molecule has 0 saturated heterocycles. The maximum atomic E-state index is 11.5. The Bertz CT molecular complexity index is 381. The van der Waals surface area contributed by atoms with E-state index in [2.05, 4.69) is 16.2 Å². The van der Waals surface area contributed by atoms with Crippen LogP contribution in [0.4, 0.5) is 0 Å². The first-order chi connectivity index (χ1) is 7.74. The molecular formula is C12H13ClN2O. The summed E-state index contributed by atoms with van der Waals surface area (Å²) in [5, 5.41) is 3.28. The van der Waals surface area contributed by atoms with Crippen molar-refractivity contribution < 1.29 is 4.79 Å². The summed E-state index contributed by atoms with van der Waals surface area (Å²) in [4.78, 5) is 15.4. The molecule has 1 aromatic heterocycles. The number of pyridine rings is 1. The van der Waals surface area contributed by atoms with Crippen molar-refractivity contribution in [2.24, 2.45) is 0 Å². The van der Waals surface area contributed by atoms with Crippen LogP contribution in [0.2, 0.25) is 5.02 Å². The SMILES string of the molecule is C#CCCCCNC(=O)c1ccc(Cl)cn1. The number of amides is 1. The molecule has 0 saturated carbocycles. The number of hydrogen-bond acceptors (Lipinski definition) is 2. The first-order valence-electron chi connectivity index (χ1n) is 5.07. The Morgan fingerprint density at radius 3 is 2.94 bits per heavy atom. The van der Waals surface area contributed by atoms with E-state index in [1.54, 1.807) is 12.1 Å². The zero-order chi connectivity index (χ0) is 11.8. The zero-order valence-electron chi connectivity index (χ0n) is 8.87. The van der Waals surface area contributed by atoms with Gasteiger partial charge in [-0.1, -0.05) is 11.6 Å². The lowest BCUT2D eigenvalue weighted by Crippen LogP contribution is -2.25. The molecular weight excluding hydrogens is 224 g/mol. The topological polar surface area (TPSA) is 42.0 Å². The van der Waals surface area contributed by atoms with Crippen LogP contribution in [0.25, 0.3) is 0 Å². The molecule has 0 aliphatic heterocycles. The summed E-state index contributed by atoms with van der Waals surface area (Å²) in [6.07, 6.45) is 9.11. The molecule has 1 N–H and O–H groups in total. The highest BCUT2D eigenvalue weighted by Gasteiger charge is 2.05. The van der Waals surface area contributed by atoms with E-state index < -0.39 is 0 Å². The summed E-state index contributed by atoms with van der Waals surface area (Å²) in [6.45, 7) is 0.616.